The van der Waals surface area contributed by atoms with E-state index in [1.54, 1.807) is 16.8 Å². The Morgan fingerprint density at radius 1 is 1.15 bits per heavy atom. The van der Waals surface area contributed by atoms with E-state index < -0.39 is 13.0 Å². The molecule has 138 valence electrons. The first kappa shape index (κ1) is 17.3. The fourth-order valence-electron chi connectivity index (χ4n) is 3.12. The van der Waals surface area contributed by atoms with Gasteiger partial charge in [-0.3, -0.25) is 4.68 Å². The monoisotopic (exact) mass is 368 g/mol. The fraction of sp³-hybridized carbons (Fsp3) is 0.211. The van der Waals surface area contributed by atoms with Gasteiger partial charge in [-0.15, -0.1) is 0 Å². The van der Waals surface area contributed by atoms with Gasteiger partial charge in [0.2, 0.25) is 0 Å². The van der Waals surface area contributed by atoms with Crippen molar-refractivity contribution in [2.24, 2.45) is 5.73 Å². The molecule has 3 aromatic heterocycles. The van der Waals surface area contributed by atoms with E-state index in [0.717, 1.165) is 33.5 Å². The Morgan fingerprint density at radius 3 is 2.74 bits per heavy atom. The molecular weight excluding hydrogens is 350 g/mol. The molecule has 8 heteroatoms. The number of hydrogen-bond donors (Lipinski definition) is 1. The summed E-state index contributed by atoms with van der Waals surface area (Å²) in [5.74, 6) is 0. The normalized spacial score (nSPS) is 11.6. The highest BCUT2D eigenvalue weighted by Crippen LogP contribution is 2.28. The van der Waals surface area contributed by atoms with Crippen molar-refractivity contribution >= 4 is 5.52 Å². The molecular formula is C19H18F2N6. The van der Waals surface area contributed by atoms with Gasteiger partial charge in [0, 0.05) is 30.1 Å². The van der Waals surface area contributed by atoms with Gasteiger partial charge in [0.25, 0.3) is 6.43 Å². The van der Waals surface area contributed by atoms with Gasteiger partial charge in [0.15, 0.2) is 0 Å². The maximum atomic E-state index is 12.5. The van der Waals surface area contributed by atoms with Crippen LogP contribution in [0.2, 0.25) is 0 Å². The summed E-state index contributed by atoms with van der Waals surface area (Å²) in [6, 6.07) is 9.66. The highest BCUT2D eigenvalue weighted by Gasteiger charge is 2.13. The molecule has 0 bridgehead atoms. The van der Waals surface area contributed by atoms with Crippen molar-refractivity contribution in [2.45, 2.75) is 26.4 Å². The standard InChI is InChI=1S/C19H18F2N6/c1-12-6-13(2-3-14(12)8-22)19-17-7-15(9-27(17)24-11-23-19)16-4-5-26(25-16)10-18(20)21/h2-7,9,11,18H,8,10,22H2,1H3. The van der Waals surface area contributed by atoms with Gasteiger partial charge < -0.3 is 5.73 Å². The Kier molecular flexibility index (Phi) is 4.41. The minimum Gasteiger partial charge on any atom is -0.326 e. The third kappa shape index (κ3) is 3.31. The number of halogens is 2. The van der Waals surface area contributed by atoms with Crippen LogP contribution in [0, 0.1) is 6.92 Å². The first-order chi connectivity index (χ1) is 13.0. The SMILES string of the molecule is Cc1cc(-c2ncnn3cc(-c4ccn(CC(F)F)n4)cc23)ccc1CN. The number of rotatable bonds is 5. The van der Waals surface area contributed by atoms with Crippen LogP contribution in [0.3, 0.4) is 0 Å². The van der Waals surface area contributed by atoms with Crippen LogP contribution in [-0.4, -0.2) is 30.8 Å². The predicted octanol–water partition coefficient (Wildman–Crippen LogP) is 3.29. The van der Waals surface area contributed by atoms with Crippen LogP contribution in [-0.2, 0) is 13.1 Å². The summed E-state index contributed by atoms with van der Waals surface area (Å²) in [5.41, 5.74) is 11.9. The summed E-state index contributed by atoms with van der Waals surface area (Å²) < 4.78 is 28.0. The van der Waals surface area contributed by atoms with E-state index in [-0.39, 0.29) is 0 Å². The molecule has 0 radical (unpaired) electrons. The van der Waals surface area contributed by atoms with Crippen LogP contribution in [0.1, 0.15) is 11.1 Å². The lowest BCUT2D eigenvalue weighted by molar-refractivity contribution is 0.122. The molecule has 0 amide bonds. The van der Waals surface area contributed by atoms with E-state index in [0.29, 0.717) is 12.2 Å². The fourth-order valence-corrected chi connectivity index (χ4v) is 3.12. The maximum absolute atomic E-state index is 12.5. The second kappa shape index (κ2) is 6.88. The molecule has 3 heterocycles. The number of nitrogens with zero attached hydrogens (tertiary/aromatic N) is 5. The maximum Gasteiger partial charge on any atom is 0.257 e. The third-order valence-corrected chi connectivity index (χ3v) is 4.50. The van der Waals surface area contributed by atoms with Crippen LogP contribution in [0.25, 0.3) is 28.0 Å². The molecule has 0 unspecified atom stereocenters. The number of benzene rings is 1. The van der Waals surface area contributed by atoms with E-state index in [4.69, 9.17) is 5.73 Å². The molecule has 0 fully saturated rings. The van der Waals surface area contributed by atoms with Gasteiger partial charge >= 0.3 is 0 Å². The van der Waals surface area contributed by atoms with Gasteiger partial charge in [-0.05, 0) is 36.2 Å². The van der Waals surface area contributed by atoms with Crippen molar-refractivity contribution in [3.8, 4) is 22.5 Å². The van der Waals surface area contributed by atoms with Crippen molar-refractivity contribution in [2.75, 3.05) is 0 Å². The Labute approximate surface area is 154 Å². The molecule has 0 aliphatic heterocycles. The van der Waals surface area contributed by atoms with Crippen LogP contribution < -0.4 is 5.73 Å². The largest absolute Gasteiger partial charge is 0.326 e. The Morgan fingerprint density at radius 2 is 2.00 bits per heavy atom. The molecule has 2 N–H and O–H groups in total. The smallest absolute Gasteiger partial charge is 0.257 e. The number of fused-ring (bicyclic) bond motifs is 1. The van der Waals surface area contributed by atoms with Gasteiger partial charge in [0.05, 0.1) is 16.9 Å². The summed E-state index contributed by atoms with van der Waals surface area (Å²) in [5, 5.41) is 8.47. The van der Waals surface area contributed by atoms with Crippen molar-refractivity contribution in [3.05, 3.63) is 60.2 Å². The van der Waals surface area contributed by atoms with Gasteiger partial charge in [0.1, 0.15) is 12.9 Å². The number of nitrogens with two attached hydrogens (primary N) is 1. The van der Waals surface area contributed by atoms with Crippen LogP contribution >= 0.6 is 0 Å². The quantitative estimate of drug-likeness (QED) is 0.587. The lowest BCUT2D eigenvalue weighted by Crippen LogP contribution is -2.06. The van der Waals surface area contributed by atoms with E-state index in [9.17, 15) is 8.78 Å². The van der Waals surface area contributed by atoms with Crippen molar-refractivity contribution in [1.82, 2.24) is 24.4 Å². The molecule has 27 heavy (non-hydrogen) atoms. The zero-order valence-corrected chi connectivity index (χ0v) is 14.7. The van der Waals surface area contributed by atoms with Crippen molar-refractivity contribution < 1.29 is 8.78 Å². The minimum absolute atomic E-state index is 0.425. The molecule has 4 rings (SSSR count). The van der Waals surface area contributed by atoms with E-state index in [1.165, 1.54) is 11.0 Å². The Balaban J connectivity index is 1.76. The van der Waals surface area contributed by atoms with Gasteiger partial charge in [-0.2, -0.15) is 10.2 Å². The Hall–Kier alpha value is -3.13. The minimum atomic E-state index is -2.44. The lowest BCUT2D eigenvalue weighted by atomic mass is 10.0. The second-order valence-corrected chi connectivity index (χ2v) is 6.33. The summed E-state index contributed by atoms with van der Waals surface area (Å²) in [4.78, 5) is 4.44. The topological polar surface area (TPSA) is 74.0 Å². The predicted molar refractivity (Wildman–Crippen MR) is 98.3 cm³/mol. The number of alkyl halides is 2. The first-order valence-electron chi connectivity index (χ1n) is 8.50. The van der Waals surface area contributed by atoms with E-state index in [1.807, 2.05) is 31.3 Å². The zero-order chi connectivity index (χ0) is 19.0. The summed E-state index contributed by atoms with van der Waals surface area (Å²) in [7, 11) is 0. The summed E-state index contributed by atoms with van der Waals surface area (Å²) in [6.45, 7) is 2.08. The van der Waals surface area contributed by atoms with Gasteiger partial charge in [-0.1, -0.05) is 12.1 Å². The number of aryl methyl sites for hydroxylation is 1. The molecule has 6 nitrogen and oxygen atoms in total. The molecule has 0 spiro atoms. The van der Waals surface area contributed by atoms with Gasteiger partial charge in [-0.25, -0.2) is 18.3 Å². The molecule has 1 aromatic carbocycles. The highest BCUT2D eigenvalue weighted by molar-refractivity contribution is 5.81. The number of aromatic nitrogens is 5. The zero-order valence-electron chi connectivity index (χ0n) is 14.7. The Bertz CT molecular complexity index is 1100. The van der Waals surface area contributed by atoms with Crippen LogP contribution in [0.5, 0.6) is 0 Å². The van der Waals surface area contributed by atoms with E-state index >= 15 is 0 Å². The molecule has 4 aromatic rings. The summed E-state index contributed by atoms with van der Waals surface area (Å²) in [6.07, 6.45) is 2.42. The lowest BCUT2D eigenvalue weighted by Gasteiger charge is -2.07. The molecule has 0 saturated carbocycles. The molecule has 0 atom stereocenters. The molecule has 0 saturated heterocycles. The molecule has 0 aliphatic rings. The third-order valence-electron chi connectivity index (χ3n) is 4.50. The molecule has 0 aliphatic carbocycles. The highest BCUT2D eigenvalue weighted by atomic mass is 19.3. The summed E-state index contributed by atoms with van der Waals surface area (Å²) >= 11 is 0. The van der Waals surface area contributed by atoms with E-state index in [2.05, 4.69) is 21.2 Å². The second-order valence-electron chi connectivity index (χ2n) is 6.33. The van der Waals surface area contributed by atoms with Crippen LogP contribution in [0.4, 0.5) is 8.78 Å². The van der Waals surface area contributed by atoms with Crippen molar-refractivity contribution in [1.29, 1.82) is 0 Å². The van der Waals surface area contributed by atoms with Crippen molar-refractivity contribution in [3.63, 3.8) is 0 Å². The van der Waals surface area contributed by atoms with Crippen LogP contribution in [0.15, 0.2) is 49.1 Å². The average Bonchev–Trinajstić information content (AvgIpc) is 3.27. The average molecular weight is 368 g/mol. The number of hydrogen-bond acceptors (Lipinski definition) is 4. The first-order valence-corrected chi connectivity index (χ1v) is 8.50.